The van der Waals surface area contributed by atoms with Gasteiger partial charge in [-0.25, -0.2) is 4.79 Å². The van der Waals surface area contributed by atoms with Crippen molar-refractivity contribution in [3.8, 4) is 0 Å². The zero-order chi connectivity index (χ0) is 17.9. The highest BCUT2D eigenvalue weighted by atomic mass is 16.5. The fraction of sp³-hybridized carbons (Fsp3) is 0.647. The van der Waals surface area contributed by atoms with Gasteiger partial charge in [-0.15, -0.1) is 0 Å². The molecule has 24 heavy (non-hydrogen) atoms. The molecule has 1 aliphatic heterocycles. The van der Waals surface area contributed by atoms with E-state index in [-0.39, 0.29) is 18.4 Å². The van der Waals surface area contributed by atoms with Crippen LogP contribution >= 0.6 is 0 Å². The van der Waals surface area contributed by atoms with Crippen molar-refractivity contribution < 1.29 is 19.4 Å². The molecule has 7 heteroatoms. The number of rotatable bonds is 6. The molecule has 2 N–H and O–H groups in total. The van der Waals surface area contributed by atoms with Crippen LogP contribution in [-0.2, 0) is 4.74 Å². The number of esters is 1. The van der Waals surface area contributed by atoms with E-state index in [1.807, 2.05) is 6.92 Å². The molecule has 1 atom stereocenters. The molecule has 1 aromatic rings. The highest BCUT2D eigenvalue weighted by molar-refractivity contribution is 6.03. The van der Waals surface area contributed by atoms with Crippen LogP contribution in [0.4, 0.5) is 0 Å². The van der Waals surface area contributed by atoms with Gasteiger partial charge >= 0.3 is 5.97 Å². The summed E-state index contributed by atoms with van der Waals surface area (Å²) in [4.78, 5) is 32.1. The molecule has 0 radical (unpaired) electrons. The maximum Gasteiger partial charge on any atom is 0.339 e. The molecule has 1 aliphatic rings. The van der Waals surface area contributed by atoms with Gasteiger partial charge < -0.3 is 14.8 Å². The number of nitrogens with zero attached hydrogens (tertiary/aromatic N) is 2. The SMILES string of the molecule is COC(=O)c1c(C)[nH]c(C(=O)C(C)N2CCN(CCO)CC2)c1C. The maximum atomic E-state index is 12.9. The molecule has 1 saturated heterocycles. The molecule has 2 heterocycles. The molecule has 1 fully saturated rings. The Labute approximate surface area is 142 Å². The number of nitrogens with one attached hydrogen (secondary N) is 1. The Hall–Kier alpha value is -1.70. The van der Waals surface area contributed by atoms with Gasteiger partial charge in [-0.1, -0.05) is 0 Å². The number of methoxy groups -OCH3 is 1. The summed E-state index contributed by atoms with van der Waals surface area (Å²) in [6.07, 6.45) is 0. The first-order valence-electron chi connectivity index (χ1n) is 8.29. The summed E-state index contributed by atoms with van der Waals surface area (Å²) >= 11 is 0. The molecule has 2 rings (SSSR count). The molecule has 0 aliphatic carbocycles. The summed E-state index contributed by atoms with van der Waals surface area (Å²) in [6.45, 7) is 9.54. The zero-order valence-electron chi connectivity index (χ0n) is 14.9. The van der Waals surface area contributed by atoms with E-state index in [0.717, 1.165) is 26.2 Å². The summed E-state index contributed by atoms with van der Waals surface area (Å²) < 4.78 is 4.80. The van der Waals surface area contributed by atoms with E-state index in [9.17, 15) is 9.59 Å². The van der Waals surface area contributed by atoms with Gasteiger partial charge in [0, 0.05) is 38.4 Å². The van der Waals surface area contributed by atoms with Gasteiger partial charge in [0.05, 0.1) is 31.0 Å². The molecular weight excluding hydrogens is 310 g/mol. The van der Waals surface area contributed by atoms with Crippen LogP contribution in [0.1, 0.15) is 39.0 Å². The molecule has 0 aromatic carbocycles. The normalized spacial score (nSPS) is 17.7. The average Bonchev–Trinajstić information content (AvgIpc) is 2.88. The van der Waals surface area contributed by atoms with Crippen molar-refractivity contribution in [2.45, 2.75) is 26.8 Å². The first kappa shape index (κ1) is 18.6. The summed E-state index contributed by atoms with van der Waals surface area (Å²) in [5.74, 6) is -0.438. The summed E-state index contributed by atoms with van der Waals surface area (Å²) in [6, 6.07) is -0.261. The summed E-state index contributed by atoms with van der Waals surface area (Å²) in [7, 11) is 1.34. The number of aliphatic hydroxyl groups is 1. The number of ketones is 1. The Balaban J connectivity index is 2.10. The average molecular weight is 337 g/mol. The Kier molecular flexibility index (Phi) is 6.15. The van der Waals surface area contributed by atoms with Crippen LogP contribution < -0.4 is 0 Å². The number of carbonyl (C=O) groups excluding carboxylic acids is 2. The largest absolute Gasteiger partial charge is 0.465 e. The fourth-order valence-corrected chi connectivity index (χ4v) is 3.30. The lowest BCUT2D eigenvalue weighted by atomic mass is 10.0. The van der Waals surface area contributed by atoms with Gasteiger partial charge in [-0.05, 0) is 26.3 Å². The van der Waals surface area contributed by atoms with Gasteiger partial charge in [-0.2, -0.15) is 0 Å². The van der Waals surface area contributed by atoms with Gasteiger partial charge in [-0.3, -0.25) is 14.6 Å². The van der Waals surface area contributed by atoms with Crippen molar-refractivity contribution in [3.63, 3.8) is 0 Å². The first-order valence-corrected chi connectivity index (χ1v) is 8.29. The van der Waals surface area contributed by atoms with Crippen molar-refractivity contribution in [2.75, 3.05) is 46.4 Å². The van der Waals surface area contributed by atoms with Crippen LogP contribution in [0.3, 0.4) is 0 Å². The van der Waals surface area contributed by atoms with Crippen molar-refractivity contribution in [2.24, 2.45) is 0 Å². The molecule has 1 unspecified atom stereocenters. The molecule has 7 nitrogen and oxygen atoms in total. The molecule has 0 bridgehead atoms. The molecule has 1 aromatic heterocycles. The van der Waals surface area contributed by atoms with Crippen molar-refractivity contribution in [1.29, 1.82) is 0 Å². The van der Waals surface area contributed by atoms with Gasteiger partial charge in [0.2, 0.25) is 0 Å². The minimum atomic E-state index is -0.425. The van der Waals surface area contributed by atoms with E-state index >= 15 is 0 Å². The fourth-order valence-electron chi connectivity index (χ4n) is 3.30. The number of hydrogen-bond acceptors (Lipinski definition) is 6. The number of β-amino-alcohol motifs (C(OH)–C–C–N with tert-alkyl or cyclic N) is 1. The summed E-state index contributed by atoms with van der Waals surface area (Å²) in [5.41, 5.74) is 2.23. The van der Waals surface area contributed by atoms with Crippen LogP contribution in [0.15, 0.2) is 0 Å². The third kappa shape index (κ3) is 3.68. The minimum Gasteiger partial charge on any atom is -0.465 e. The Bertz CT molecular complexity index is 603. The molecular formula is C17H27N3O4. The number of aromatic nitrogens is 1. The molecule has 0 amide bonds. The van der Waals surface area contributed by atoms with Crippen LogP contribution in [0.25, 0.3) is 0 Å². The molecule has 134 valence electrons. The number of ether oxygens (including phenoxy) is 1. The number of hydrogen-bond donors (Lipinski definition) is 2. The van der Waals surface area contributed by atoms with E-state index in [0.29, 0.717) is 29.1 Å². The third-order valence-corrected chi connectivity index (χ3v) is 4.82. The molecule has 0 saturated carbocycles. The standard InChI is InChI=1S/C17H27N3O4/c1-11-14(17(23)24-4)12(2)18-15(11)16(22)13(3)20-7-5-19(6-8-20)9-10-21/h13,18,21H,5-10H2,1-4H3. The second-order valence-electron chi connectivity index (χ2n) is 6.26. The van der Waals surface area contributed by atoms with Gasteiger partial charge in [0.1, 0.15) is 0 Å². The second-order valence-corrected chi connectivity index (χ2v) is 6.26. The highest BCUT2D eigenvalue weighted by Gasteiger charge is 2.30. The predicted octanol–water partition coefficient (Wildman–Crippen LogP) is 0.599. The maximum absolute atomic E-state index is 12.9. The lowest BCUT2D eigenvalue weighted by Gasteiger charge is -2.37. The second kappa shape index (κ2) is 7.92. The highest BCUT2D eigenvalue weighted by Crippen LogP contribution is 2.21. The number of aliphatic hydroxyl groups excluding tert-OH is 1. The van der Waals surface area contributed by atoms with Crippen LogP contribution in [-0.4, -0.2) is 84.1 Å². The summed E-state index contributed by atoms with van der Waals surface area (Å²) in [5, 5.41) is 9.00. The zero-order valence-corrected chi connectivity index (χ0v) is 14.9. The van der Waals surface area contributed by atoms with E-state index in [1.54, 1.807) is 13.8 Å². The number of carbonyl (C=O) groups is 2. The number of aryl methyl sites for hydroxylation is 1. The predicted molar refractivity (Wildman–Crippen MR) is 90.5 cm³/mol. The van der Waals surface area contributed by atoms with Crippen molar-refractivity contribution in [1.82, 2.24) is 14.8 Å². The van der Waals surface area contributed by atoms with Crippen LogP contribution in [0.5, 0.6) is 0 Å². The molecule has 0 spiro atoms. The smallest absolute Gasteiger partial charge is 0.339 e. The Morgan fingerprint density at radius 1 is 1.25 bits per heavy atom. The van der Waals surface area contributed by atoms with Gasteiger partial charge in [0.25, 0.3) is 0 Å². The number of Topliss-reactive ketones (excluding diaryl/α,β-unsaturated/α-hetero) is 1. The lowest BCUT2D eigenvalue weighted by molar-refractivity contribution is 0.0599. The number of aromatic amines is 1. The minimum absolute atomic E-state index is 0.0126. The van der Waals surface area contributed by atoms with Crippen LogP contribution in [0, 0.1) is 13.8 Å². The van der Waals surface area contributed by atoms with E-state index in [2.05, 4.69) is 14.8 Å². The number of piperazine rings is 1. The monoisotopic (exact) mass is 337 g/mol. The third-order valence-electron chi connectivity index (χ3n) is 4.82. The van der Waals surface area contributed by atoms with E-state index < -0.39 is 5.97 Å². The first-order chi connectivity index (χ1) is 11.4. The van der Waals surface area contributed by atoms with E-state index in [4.69, 9.17) is 9.84 Å². The van der Waals surface area contributed by atoms with Gasteiger partial charge in [0.15, 0.2) is 5.78 Å². The quantitative estimate of drug-likeness (QED) is 0.584. The van der Waals surface area contributed by atoms with Crippen molar-refractivity contribution in [3.05, 3.63) is 22.5 Å². The Morgan fingerprint density at radius 2 is 1.88 bits per heavy atom. The number of H-pyrrole nitrogens is 1. The van der Waals surface area contributed by atoms with E-state index in [1.165, 1.54) is 7.11 Å². The van der Waals surface area contributed by atoms with Crippen LogP contribution in [0.2, 0.25) is 0 Å². The lowest BCUT2D eigenvalue weighted by Crippen LogP contribution is -2.52. The van der Waals surface area contributed by atoms with Crippen molar-refractivity contribution >= 4 is 11.8 Å². The topological polar surface area (TPSA) is 85.9 Å². The Morgan fingerprint density at radius 3 is 2.42 bits per heavy atom.